The second-order valence-electron chi connectivity index (χ2n) is 6.32. The maximum absolute atomic E-state index is 12.5. The fourth-order valence-corrected chi connectivity index (χ4v) is 3.66. The molecule has 1 unspecified atom stereocenters. The van der Waals surface area contributed by atoms with E-state index in [2.05, 4.69) is 5.32 Å². The fourth-order valence-electron chi connectivity index (χ4n) is 2.83. The summed E-state index contributed by atoms with van der Waals surface area (Å²) in [4.78, 5) is 13.3. The van der Waals surface area contributed by atoms with Gasteiger partial charge in [-0.05, 0) is 56.0 Å². The molecule has 3 rings (SSSR count). The van der Waals surface area contributed by atoms with E-state index in [1.807, 2.05) is 50.4 Å². The first-order valence-corrected chi connectivity index (χ1v) is 8.17. The Labute approximate surface area is 134 Å². The van der Waals surface area contributed by atoms with Crippen molar-refractivity contribution in [3.63, 3.8) is 0 Å². The summed E-state index contributed by atoms with van der Waals surface area (Å²) in [5.41, 5.74) is 8.19. The van der Waals surface area contributed by atoms with Crippen molar-refractivity contribution in [2.45, 2.75) is 38.8 Å². The van der Waals surface area contributed by atoms with Gasteiger partial charge in [-0.2, -0.15) is 0 Å². The Balaban J connectivity index is 1.92. The van der Waals surface area contributed by atoms with Gasteiger partial charge in [-0.15, -0.1) is 11.3 Å². The lowest BCUT2D eigenvalue weighted by molar-refractivity contribution is 0.0621. The molecule has 0 aliphatic carbocycles. The summed E-state index contributed by atoms with van der Waals surface area (Å²) in [6.45, 7) is 6.01. The minimum absolute atomic E-state index is 0.0384. The number of hydrogen-bond acceptors (Lipinski definition) is 4. The lowest BCUT2D eigenvalue weighted by Crippen LogP contribution is -2.41. The summed E-state index contributed by atoms with van der Waals surface area (Å²) >= 11 is 1.46. The molecule has 0 saturated heterocycles. The molecule has 1 aliphatic heterocycles. The van der Waals surface area contributed by atoms with Gasteiger partial charge in [0.15, 0.2) is 0 Å². The summed E-state index contributed by atoms with van der Waals surface area (Å²) in [6.07, 6.45) is 0.708. The number of nitrogens with one attached hydrogen (secondary N) is 1. The van der Waals surface area contributed by atoms with E-state index in [-0.39, 0.29) is 17.6 Å². The standard InChI is InChI=1S/C17H20N2O2S/c1-10-6-7-22-15(10)16(20)19-13-9-17(2,3)21-14-5-4-11(18)8-12(13)14/h4-8,13H,9,18H2,1-3H3,(H,19,20). The molecule has 22 heavy (non-hydrogen) atoms. The van der Waals surface area contributed by atoms with Crippen LogP contribution in [0.4, 0.5) is 5.69 Å². The van der Waals surface area contributed by atoms with Gasteiger partial charge in [-0.25, -0.2) is 0 Å². The van der Waals surface area contributed by atoms with E-state index in [1.165, 1.54) is 11.3 Å². The van der Waals surface area contributed by atoms with E-state index < -0.39 is 0 Å². The van der Waals surface area contributed by atoms with Crippen LogP contribution < -0.4 is 15.8 Å². The number of aryl methyl sites for hydroxylation is 1. The van der Waals surface area contributed by atoms with Gasteiger partial charge in [0, 0.05) is 17.7 Å². The number of benzene rings is 1. The second-order valence-corrected chi connectivity index (χ2v) is 7.24. The number of rotatable bonds is 2. The van der Waals surface area contributed by atoms with Crippen molar-refractivity contribution in [1.82, 2.24) is 5.32 Å². The van der Waals surface area contributed by atoms with E-state index in [1.54, 1.807) is 0 Å². The van der Waals surface area contributed by atoms with Crippen LogP contribution in [0.2, 0.25) is 0 Å². The SMILES string of the molecule is Cc1ccsc1C(=O)NC1CC(C)(C)Oc2ccc(N)cc21. The predicted octanol–water partition coefficient (Wildman–Crippen LogP) is 3.67. The zero-order valence-corrected chi connectivity index (χ0v) is 13.8. The molecule has 0 radical (unpaired) electrons. The highest BCUT2D eigenvalue weighted by atomic mass is 32.1. The number of carbonyl (C=O) groups is 1. The average Bonchev–Trinajstić information content (AvgIpc) is 2.85. The lowest BCUT2D eigenvalue weighted by atomic mass is 9.89. The molecule has 4 nitrogen and oxygen atoms in total. The number of ether oxygens (including phenoxy) is 1. The van der Waals surface area contributed by atoms with E-state index in [0.29, 0.717) is 12.1 Å². The summed E-state index contributed by atoms with van der Waals surface area (Å²) in [7, 11) is 0. The van der Waals surface area contributed by atoms with Crippen molar-refractivity contribution in [2.75, 3.05) is 5.73 Å². The smallest absolute Gasteiger partial charge is 0.262 e. The third-order valence-electron chi connectivity index (χ3n) is 3.86. The Morgan fingerprint density at radius 3 is 2.86 bits per heavy atom. The van der Waals surface area contributed by atoms with Gasteiger partial charge in [0.25, 0.3) is 5.91 Å². The molecule has 116 valence electrons. The van der Waals surface area contributed by atoms with Crippen LogP contribution in [-0.2, 0) is 0 Å². The second kappa shape index (κ2) is 5.32. The van der Waals surface area contributed by atoms with Gasteiger partial charge in [0.05, 0.1) is 10.9 Å². The number of amides is 1. The van der Waals surface area contributed by atoms with Crippen LogP contribution in [0.25, 0.3) is 0 Å². The monoisotopic (exact) mass is 316 g/mol. The molecule has 0 bridgehead atoms. The Hall–Kier alpha value is -2.01. The van der Waals surface area contributed by atoms with Crippen LogP contribution in [0.15, 0.2) is 29.6 Å². The number of thiophene rings is 1. The highest BCUT2D eigenvalue weighted by molar-refractivity contribution is 7.12. The molecule has 0 spiro atoms. The van der Waals surface area contributed by atoms with Crippen LogP contribution >= 0.6 is 11.3 Å². The topological polar surface area (TPSA) is 64.3 Å². The van der Waals surface area contributed by atoms with Crippen molar-refractivity contribution in [3.05, 3.63) is 45.6 Å². The maximum Gasteiger partial charge on any atom is 0.262 e. The molecule has 1 amide bonds. The highest BCUT2D eigenvalue weighted by Gasteiger charge is 2.35. The molecule has 1 atom stereocenters. The van der Waals surface area contributed by atoms with Crippen LogP contribution in [0.3, 0.4) is 0 Å². The molecule has 2 heterocycles. The van der Waals surface area contributed by atoms with Crippen molar-refractivity contribution >= 4 is 22.9 Å². The Kier molecular flexibility index (Phi) is 3.60. The molecule has 1 aromatic heterocycles. The number of nitrogen functional groups attached to an aromatic ring is 1. The van der Waals surface area contributed by atoms with Gasteiger partial charge in [0.1, 0.15) is 11.4 Å². The van der Waals surface area contributed by atoms with Gasteiger partial charge in [0.2, 0.25) is 0 Å². The molecule has 1 aliphatic rings. The quantitative estimate of drug-likeness (QED) is 0.831. The lowest BCUT2D eigenvalue weighted by Gasteiger charge is -2.38. The van der Waals surface area contributed by atoms with Gasteiger partial charge < -0.3 is 15.8 Å². The zero-order chi connectivity index (χ0) is 15.9. The molecule has 2 aromatic rings. The third-order valence-corrected chi connectivity index (χ3v) is 4.88. The van der Waals surface area contributed by atoms with E-state index in [4.69, 9.17) is 10.5 Å². The molecule has 1 aromatic carbocycles. The molecule has 0 fully saturated rings. The minimum Gasteiger partial charge on any atom is -0.487 e. The van der Waals surface area contributed by atoms with Crippen LogP contribution in [0.5, 0.6) is 5.75 Å². The Bertz CT molecular complexity index is 721. The van der Waals surface area contributed by atoms with Gasteiger partial charge in [-0.3, -0.25) is 4.79 Å². The molecular formula is C17H20N2O2S. The first-order chi connectivity index (χ1) is 10.4. The predicted molar refractivity (Wildman–Crippen MR) is 89.4 cm³/mol. The van der Waals surface area contributed by atoms with Gasteiger partial charge in [-0.1, -0.05) is 0 Å². The van der Waals surface area contributed by atoms with Crippen molar-refractivity contribution in [3.8, 4) is 5.75 Å². The first-order valence-electron chi connectivity index (χ1n) is 7.29. The number of hydrogen-bond donors (Lipinski definition) is 2. The molecule has 5 heteroatoms. The Morgan fingerprint density at radius 2 is 2.18 bits per heavy atom. The largest absolute Gasteiger partial charge is 0.487 e. The summed E-state index contributed by atoms with van der Waals surface area (Å²) in [5, 5.41) is 5.07. The third kappa shape index (κ3) is 2.81. The van der Waals surface area contributed by atoms with Crippen molar-refractivity contribution < 1.29 is 9.53 Å². The average molecular weight is 316 g/mol. The van der Waals surface area contributed by atoms with Crippen LogP contribution in [0, 0.1) is 6.92 Å². The molecule has 3 N–H and O–H groups in total. The minimum atomic E-state index is -0.328. The van der Waals surface area contributed by atoms with Crippen LogP contribution in [0.1, 0.15) is 47.1 Å². The summed E-state index contributed by atoms with van der Waals surface area (Å²) < 4.78 is 6.00. The normalized spacial score (nSPS) is 19.1. The van der Waals surface area contributed by atoms with Crippen molar-refractivity contribution in [1.29, 1.82) is 0 Å². The maximum atomic E-state index is 12.5. The summed E-state index contributed by atoms with van der Waals surface area (Å²) in [6, 6.07) is 7.44. The highest BCUT2D eigenvalue weighted by Crippen LogP contribution is 2.40. The Morgan fingerprint density at radius 1 is 1.41 bits per heavy atom. The number of anilines is 1. The summed E-state index contributed by atoms with van der Waals surface area (Å²) in [5.74, 6) is 0.752. The van der Waals surface area contributed by atoms with E-state index in [0.717, 1.165) is 21.8 Å². The molecular weight excluding hydrogens is 296 g/mol. The molecule has 0 saturated carbocycles. The number of nitrogens with two attached hydrogens (primary N) is 1. The first kappa shape index (κ1) is 14.9. The number of carbonyl (C=O) groups excluding carboxylic acids is 1. The fraction of sp³-hybridized carbons (Fsp3) is 0.353. The van der Waals surface area contributed by atoms with Crippen LogP contribution in [-0.4, -0.2) is 11.5 Å². The van der Waals surface area contributed by atoms with E-state index in [9.17, 15) is 4.79 Å². The van der Waals surface area contributed by atoms with Gasteiger partial charge >= 0.3 is 0 Å². The van der Waals surface area contributed by atoms with Crippen molar-refractivity contribution in [2.24, 2.45) is 0 Å². The number of fused-ring (bicyclic) bond motifs is 1. The zero-order valence-electron chi connectivity index (χ0n) is 13.0. The van der Waals surface area contributed by atoms with E-state index >= 15 is 0 Å².